The van der Waals surface area contributed by atoms with Crippen molar-refractivity contribution in [3.8, 4) is 23.3 Å². The van der Waals surface area contributed by atoms with Crippen molar-refractivity contribution in [2.24, 2.45) is 0 Å². The van der Waals surface area contributed by atoms with Crippen LogP contribution in [0.25, 0.3) is 0 Å². The number of nitrogens with one attached hydrogen (secondary N) is 2. The zero-order chi connectivity index (χ0) is 23.0. The highest BCUT2D eigenvalue weighted by Gasteiger charge is 2.28. The maximum absolute atomic E-state index is 12.2. The van der Waals surface area contributed by atoms with Gasteiger partial charge < -0.3 is 15.0 Å². The summed E-state index contributed by atoms with van der Waals surface area (Å²) in [5.74, 6) is 7.18. The second-order valence-corrected chi connectivity index (χ2v) is 7.65. The second-order valence-electron chi connectivity index (χ2n) is 7.65. The zero-order valence-corrected chi connectivity index (χ0v) is 18.4. The molecule has 1 saturated heterocycles. The number of aromatic nitrogens is 2. The van der Waals surface area contributed by atoms with Crippen LogP contribution in [0.1, 0.15) is 30.9 Å². The van der Waals surface area contributed by atoms with Gasteiger partial charge in [0.25, 0.3) is 5.91 Å². The van der Waals surface area contributed by atoms with Crippen molar-refractivity contribution in [2.45, 2.75) is 25.8 Å². The van der Waals surface area contributed by atoms with Gasteiger partial charge in [-0.25, -0.2) is 9.97 Å². The number of carbonyl (C=O) groups excluding carboxylic acids is 1. The Balaban J connectivity index is 1.45. The van der Waals surface area contributed by atoms with Gasteiger partial charge in [-0.15, -0.1) is 0 Å². The van der Waals surface area contributed by atoms with E-state index >= 15 is 0 Å². The van der Waals surface area contributed by atoms with Crippen molar-refractivity contribution in [1.82, 2.24) is 14.9 Å². The molecule has 33 heavy (non-hydrogen) atoms. The topological polar surface area (TPSA) is 91.2 Å². The number of benzene rings is 2. The predicted octanol–water partition coefficient (Wildman–Crippen LogP) is 4.11. The molecule has 0 radical (unpaired) electrons. The maximum Gasteiger partial charge on any atom is 0.298 e. The third-order valence-electron chi connectivity index (χ3n) is 5.48. The number of rotatable bonds is 7. The first kappa shape index (κ1) is 22.0. The van der Waals surface area contributed by atoms with Crippen LogP contribution in [0.15, 0.2) is 67.1 Å². The second kappa shape index (κ2) is 10.4. The van der Waals surface area contributed by atoms with Gasteiger partial charge >= 0.3 is 0 Å². The fourth-order valence-electron chi connectivity index (χ4n) is 3.83. The number of hydrogen-bond acceptors (Lipinski definition) is 6. The van der Waals surface area contributed by atoms with E-state index in [0.29, 0.717) is 35.9 Å². The zero-order valence-electron chi connectivity index (χ0n) is 18.4. The Morgan fingerprint density at radius 2 is 1.94 bits per heavy atom. The Bertz CT molecular complexity index is 1180. The summed E-state index contributed by atoms with van der Waals surface area (Å²) >= 11 is 0. The van der Waals surface area contributed by atoms with Crippen molar-refractivity contribution in [1.29, 1.82) is 5.41 Å². The van der Waals surface area contributed by atoms with E-state index in [1.165, 1.54) is 6.33 Å². The first-order valence-corrected chi connectivity index (χ1v) is 10.8. The van der Waals surface area contributed by atoms with Crippen molar-refractivity contribution in [3.05, 3.63) is 78.2 Å². The smallest absolute Gasteiger partial charge is 0.298 e. The summed E-state index contributed by atoms with van der Waals surface area (Å²) in [6.45, 7) is 2.92. The molecule has 1 aromatic heterocycles. The van der Waals surface area contributed by atoms with Gasteiger partial charge in [-0.1, -0.05) is 24.1 Å². The molecule has 1 amide bonds. The average Bonchev–Trinajstić information content (AvgIpc) is 3.33. The lowest BCUT2D eigenvalue weighted by Gasteiger charge is -2.23. The number of carbonyl (C=O) groups is 1. The molecule has 0 aliphatic carbocycles. The van der Waals surface area contributed by atoms with Gasteiger partial charge in [-0.2, -0.15) is 0 Å². The normalized spacial score (nSPS) is 14.8. The molecule has 3 aromatic rings. The summed E-state index contributed by atoms with van der Waals surface area (Å²) in [5, 5.41) is 12.0. The largest absolute Gasteiger partial charge is 0.457 e. The molecule has 1 atom stereocenters. The molecule has 2 heterocycles. The van der Waals surface area contributed by atoms with E-state index in [1.807, 2.05) is 54.6 Å². The molecule has 1 aliphatic heterocycles. The fraction of sp³-hybridized carbons (Fsp3) is 0.231. The number of hydrogen-bond donors (Lipinski definition) is 2. The number of likely N-dealkylation sites (tertiary alicyclic amines) is 1. The summed E-state index contributed by atoms with van der Waals surface area (Å²) < 4.78 is 5.84. The Morgan fingerprint density at radius 3 is 2.70 bits per heavy atom. The van der Waals surface area contributed by atoms with Gasteiger partial charge in [0, 0.05) is 30.9 Å². The van der Waals surface area contributed by atoms with E-state index in [9.17, 15) is 4.79 Å². The van der Waals surface area contributed by atoms with Gasteiger partial charge in [0.15, 0.2) is 0 Å². The number of para-hydroxylation sites is 1. The Hall–Kier alpha value is -4.18. The van der Waals surface area contributed by atoms with E-state index in [-0.39, 0.29) is 11.9 Å². The molecule has 4 rings (SSSR count). The van der Waals surface area contributed by atoms with Crippen LogP contribution in [0.2, 0.25) is 0 Å². The van der Waals surface area contributed by atoms with Gasteiger partial charge in [0.1, 0.15) is 23.6 Å². The van der Waals surface area contributed by atoms with Crippen LogP contribution < -0.4 is 10.1 Å². The van der Waals surface area contributed by atoms with Crippen molar-refractivity contribution in [3.63, 3.8) is 0 Å². The third-order valence-corrected chi connectivity index (χ3v) is 5.48. The number of amides is 1. The number of nitrogens with zero attached hydrogens (tertiary/aromatic N) is 3. The van der Waals surface area contributed by atoms with Crippen molar-refractivity contribution < 1.29 is 9.53 Å². The fourth-order valence-corrected chi connectivity index (χ4v) is 3.83. The molecule has 7 nitrogen and oxygen atoms in total. The highest BCUT2D eigenvalue weighted by atomic mass is 16.5. The summed E-state index contributed by atoms with van der Waals surface area (Å²) in [7, 11) is 0. The monoisotopic (exact) mass is 439 g/mol. The Labute approximate surface area is 193 Å². The number of anilines is 1. The van der Waals surface area contributed by atoms with Crippen molar-refractivity contribution >= 4 is 17.4 Å². The first-order valence-electron chi connectivity index (χ1n) is 10.8. The summed E-state index contributed by atoms with van der Waals surface area (Å²) in [6, 6.07) is 17.0. The summed E-state index contributed by atoms with van der Waals surface area (Å²) in [5.41, 5.74) is 1.63. The molecule has 1 fully saturated rings. The molecule has 0 saturated carbocycles. The molecule has 0 unspecified atom stereocenters. The van der Waals surface area contributed by atoms with Crippen LogP contribution in [-0.4, -0.2) is 45.6 Å². The SMILES string of the molecule is CC#CC(=O)N1CCC[C@H]1CNc1ncncc1C(=N)c1ccc(Oc2ccccc2)cc1. The molecular weight excluding hydrogens is 414 g/mol. The highest BCUT2D eigenvalue weighted by molar-refractivity contribution is 6.13. The maximum atomic E-state index is 12.2. The predicted molar refractivity (Wildman–Crippen MR) is 128 cm³/mol. The number of ether oxygens (including phenoxy) is 1. The van der Waals surface area contributed by atoms with E-state index < -0.39 is 0 Å². The van der Waals surface area contributed by atoms with Gasteiger partial charge in [-0.3, -0.25) is 10.2 Å². The highest BCUT2D eigenvalue weighted by Crippen LogP contribution is 2.24. The minimum Gasteiger partial charge on any atom is -0.457 e. The van der Waals surface area contributed by atoms with Crippen LogP contribution in [0, 0.1) is 17.3 Å². The van der Waals surface area contributed by atoms with E-state index in [2.05, 4.69) is 27.1 Å². The molecule has 166 valence electrons. The molecule has 1 aliphatic rings. The lowest BCUT2D eigenvalue weighted by atomic mass is 10.0. The van der Waals surface area contributed by atoms with Crippen LogP contribution in [0.5, 0.6) is 11.5 Å². The van der Waals surface area contributed by atoms with E-state index in [1.54, 1.807) is 18.0 Å². The molecule has 0 bridgehead atoms. The molecule has 2 N–H and O–H groups in total. The lowest BCUT2D eigenvalue weighted by Crippen LogP contribution is -2.39. The summed E-state index contributed by atoms with van der Waals surface area (Å²) in [6.07, 6.45) is 4.94. The molecule has 7 heteroatoms. The third kappa shape index (κ3) is 5.36. The quantitative estimate of drug-likeness (QED) is 0.427. The average molecular weight is 440 g/mol. The first-order chi connectivity index (χ1) is 16.2. The molecule has 0 spiro atoms. The van der Waals surface area contributed by atoms with Gasteiger partial charge in [-0.05, 0) is 62.1 Å². The van der Waals surface area contributed by atoms with Crippen LogP contribution >= 0.6 is 0 Å². The Morgan fingerprint density at radius 1 is 1.18 bits per heavy atom. The van der Waals surface area contributed by atoms with Crippen LogP contribution in [0.4, 0.5) is 5.82 Å². The minimum atomic E-state index is -0.143. The minimum absolute atomic E-state index is 0.0461. The van der Waals surface area contributed by atoms with E-state index in [4.69, 9.17) is 10.1 Å². The summed E-state index contributed by atoms with van der Waals surface area (Å²) in [4.78, 5) is 22.5. The standard InChI is InChI=1S/C26H25N5O2/c1-2-7-24(32)31-15-6-8-20(31)16-29-26-23(17-28-18-30-26)25(27)19-11-13-22(14-12-19)33-21-9-4-3-5-10-21/h3-5,9-14,17-18,20,27H,6,8,15-16H2,1H3,(H,28,29,30)/t20-/m0/s1. The van der Waals surface area contributed by atoms with Crippen LogP contribution in [-0.2, 0) is 4.79 Å². The molecular formula is C26H25N5O2. The lowest BCUT2D eigenvalue weighted by molar-refractivity contribution is -0.125. The van der Waals surface area contributed by atoms with E-state index in [0.717, 1.165) is 24.2 Å². The Kier molecular flexibility index (Phi) is 6.96. The van der Waals surface area contributed by atoms with Gasteiger partial charge in [0.2, 0.25) is 0 Å². The van der Waals surface area contributed by atoms with Crippen molar-refractivity contribution in [2.75, 3.05) is 18.4 Å². The van der Waals surface area contributed by atoms with Gasteiger partial charge in [0.05, 0.1) is 11.3 Å². The molecule has 2 aromatic carbocycles. The van der Waals surface area contributed by atoms with Crippen LogP contribution in [0.3, 0.4) is 0 Å².